The molecule has 1 aliphatic rings. The number of carbonyl (C=O) groups excluding carboxylic acids is 2. The molecule has 0 heterocycles. The number of hydrogen-bond donors (Lipinski definition) is 3. The van der Waals surface area contributed by atoms with E-state index in [1.807, 2.05) is 36.9 Å². The third-order valence-corrected chi connectivity index (χ3v) is 5.81. The molecule has 1 aliphatic carbocycles. The summed E-state index contributed by atoms with van der Waals surface area (Å²) in [5.41, 5.74) is 2.83. The third kappa shape index (κ3) is 6.26. The summed E-state index contributed by atoms with van der Waals surface area (Å²) in [4.78, 5) is 39.0. The van der Waals surface area contributed by atoms with Gasteiger partial charge in [-0.1, -0.05) is 18.2 Å². The van der Waals surface area contributed by atoms with E-state index >= 15 is 0 Å². The first-order valence-corrected chi connectivity index (χ1v) is 11.1. The number of aromatic carboxylic acids is 1. The van der Waals surface area contributed by atoms with Gasteiger partial charge in [-0.25, -0.2) is 4.79 Å². The molecule has 0 aromatic heterocycles. The molecule has 1 fully saturated rings. The van der Waals surface area contributed by atoms with Gasteiger partial charge in [0.15, 0.2) is 11.5 Å². The summed E-state index contributed by atoms with van der Waals surface area (Å²) < 4.78 is 10.4. The summed E-state index contributed by atoms with van der Waals surface area (Å²) in [6.07, 6.45) is 2.08. The Morgan fingerprint density at radius 3 is 2.18 bits per heavy atom. The van der Waals surface area contributed by atoms with E-state index in [9.17, 15) is 19.5 Å². The molecular weight excluding hydrogens is 438 g/mol. The Labute approximate surface area is 199 Å². The maximum Gasteiger partial charge on any atom is 0.337 e. The van der Waals surface area contributed by atoms with Crippen LogP contribution in [-0.2, 0) is 9.59 Å². The van der Waals surface area contributed by atoms with Crippen LogP contribution in [0.15, 0.2) is 30.3 Å². The number of anilines is 2. The SMILES string of the molecule is COc1cc(NC(=O)CCN(CC(=O)Nc2c(C)cccc2C)C2CC2)c(C(=O)O)cc1OC. The molecule has 0 saturated heterocycles. The highest BCUT2D eigenvalue weighted by molar-refractivity contribution is 6.01. The zero-order valence-electron chi connectivity index (χ0n) is 19.9. The first-order chi connectivity index (χ1) is 16.2. The van der Waals surface area contributed by atoms with Crippen molar-refractivity contribution in [3.63, 3.8) is 0 Å². The first-order valence-electron chi connectivity index (χ1n) is 11.1. The van der Waals surface area contributed by atoms with E-state index in [1.165, 1.54) is 26.4 Å². The predicted molar refractivity (Wildman–Crippen MR) is 129 cm³/mol. The van der Waals surface area contributed by atoms with Crippen molar-refractivity contribution < 1.29 is 29.0 Å². The predicted octanol–water partition coefficient (Wildman–Crippen LogP) is 3.45. The molecule has 9 nitrogen and oxygen atoms in total. The number of methoxy groups -OCH3 is 2. The zero-order valence-corrected chi connectivity index (χ0v) is 19.9. The fourth-order valence-corrected chi connectivity index (χ4v) is 3.82. The second-order valence-corrected chi connectivity index (χ2v) is 8.37. The summed E-state index contributed by atoms with van der Waals surface area (Å²) >= 11 is 0. The Balaban J connectivity index is 1.62. The van der Waals surface area contributed by atoms with Gasteiger partial charge in [0.2, 0.25) is 11.8 Å². The van der Waals surface area contributed by atoms with Crippen LogP contribution in [0.4, 0.5) is 11.4 Å². The quantitative estimate of drug-likeness (QED) is 0.461. The second-order valence-electron chi connectivity index (χ2n) is 8.37. The number of aryl methyl sites for hydroxylation is 2. The molecular formula is C25H31N3O6. The highest BCUT2D eigenvalue weighted by Gasteiger charge is 2.30. The maximum atomic E-state index is 12.7. The van der Waals surface area contributed by atoms with Gasteiger partial charge in [0, 0.05) is 36.8 Å². The molecule has 9 heteroatoms. The van der Waals surface area contributed by atoms with E-state index in [2.05, 4.69) is 10.6 Å². The number of ether oxygens (including phenoxy) is 2. The number of nitrogens with zero attached hydrogens (tertiary/aromatic N) is 1. The van der Waals surface area contributed by atoms with Crippen molar-refractivity contribution in [1.82, 2.24) is 4.90 Å². The van der Waals surface area contributed by atoms with E-state index in [-0.39, 0.29) is 47.8 Å². The zero-order chi connectivity index (χ0) is 24.8. The summed E-state index contributed by atoms with van der Waals surface area (Å²) in [6.45, 7) is 4.46. The smallest absolute Gasteiger partial charge is 0.337 e. The van der Waals surface area contributed by atoms with Crippen LogP contribution >= 0.6 is 0 Å². The van der Waals surface area contributed by atoms with Crippen molar-refractivity contribution in [3.05, 3.63) is 47.0 Å². The Kier molecular flexibility index (Phi) is 8.12. The first kappa shape index (κ1) is 25.0. The van der Waals surface area contributed by atoms with Crippen molar-refractivity contribution >= 4 is 29.2 Å². The standard InChI is InChI=1S/C25H31N3O6/c1-15-6-5-7-16(2)24(15)27-23(30)14-28(17-8-9-17)11-10-22(29)26-19-13-21(34-4)20(33-3)12-18(19)25(31)32/h5-7,12-13,17H,8-11,14H2,1-4H3,(H,26,29)(H,27,30)(H,31,32). The Bertz CT molecular complexity index is 1060. The van der Waals surface area contributed by atoms with Crippen LogP contribution in [0, 0.1) is 13.8 Å². The van der Waals surface area contributed by atoms with Gasteiger partial charge in [0.05, 0.1) is 32.0 Å². The van der Waals surface area contributed by atoms with Crippen molar-refractivity contribution in [2.75, 3.05) is 37.9 Å². The molecule has 2 aromatic rings. The monoisotopic (exact) mass is 469 g/mol. The van der Waals surface area contributed by atoms with Crippen LogP contribution in [0.5, 0.6) is 11.5 Å². The van der Waals surface area contributed by atoms with Crippen LogP contribution in [-0.4, -0.2) is 61.1 Å². The molecule has 3 rings (SSSR count). The molecule has 0 aliphatic heterocycles. The maximum absolute atomic E-state index is 12.7. The van der Waals surface area contributed by atoms with Crippen LogP contribution < -0.4 is 20.1 Å². The molecule has 0 bridgehead atoms. The molecule has 2 amide bonds. The lowest BCUT2D eigenvalue weighted by molar-refractivity contribution is -0.119. The lowest BCUT2D eigenvalue weighted by Gasteiger charge is -2.22. The fourth-order valence-electron chi connectivity index (χ4n) is 3.82. The van der Waals surface area contributed by atoms with Gasteiger partial charge in [0.1, 0.15) is 0 Å². The average molecular weight is 470 g/mol. The van der Waals surface area contributed by atoms with Crippen LogP contribution in [0.2, 0.25) is 0 Å². The number of carboxylic acid groups (broad SMARTS) is 1. The number of carboxylic acids is 1. The van der Waals surface area contributed by atoms with E-state index in [0.717, 1.165) is 29.7 Å². The molecule has 3 N–H and O–H groups in total. The molecule has 1 saturated carbocycles. The van der Waals surface area contributed by atoms with Crippen LogP contribution in [0.1, 0.15) is 40.7 Å². The molecule has 0 spiro atoms. The Morgan fingerprint density at radius 1 is 1.00 bits per heavy atom. The molecule has 34 heavy (non-hydrogen) atoms. The topological polar surface area (TPSA) is 117 Å². The summed E-state index contributed by atoms with van der Waals surface area (Å²) in [6, 6.07) is 8.86. The Morgan fingerprint density at radius 2 is 1.62 bits per heavy atom. The highest BCUT2D eigenvalue weighted by Crippen LogP contribution is 2.33. The second kappa shape index (κ2) is 11.0. The van der Waals surface area contributed by atoms with E-state index < -0.39 is 5.97 Å². The number of nitrogens with one attached hydrogen (secondary N) is 2. The van der Waals surface area contributed by atoms with Crippen molar-refractivity contribution in [2.24, 2.45) is 0 Å². The number of amides is 2. The molecule has 2 aromatic carbocycles. The van der Waals surface area contributed by atoms with E-state index in [0.29, 0.717) is 12.3 Å². The van der Waals surface area contributed by atoms with Gasteiger partial charge in [-0.3, -0.25) is 14.5 Å². The van der Waals surface area contributed by atoms with Gasteiger partial charge in [-0.15, -0.1) is 0 Å². The van der Waals surface area contributed by atoms with Crippen LogP contribution in [0.25, 0.3) is 0 Å². The Hall–Kier alpha value is -3.59. The molecule has 0 atom stereocenters. The fraction of sp³-hybridized carbons (Fsp3) is 0.400. The lowest BCUT2D eigenvalue weighted by Crippen LogP contribution is -2.37. The highest BCUT2D eigenvalue weighted by atomic mass is 16.5. The van der Waals surface area contributed by atoms with Gasteiger partial charge in [-0.2, -0.15) is 0 Å². The number of hydrogen-bond acceptors (Lipinski definition) is 6. The van der Waals surface area contributed by atoms with Gasteiger partial charge in [0.25, 0.3) is 0 Å². The summed E-state index contributed by atoms with van der Waals surface area (Å²) in [5, 5.41) is 15.2. The van der Waals surface area contributed by atoms with Gasteiger partial charge in [-0.05, 0) is 37.8 Å². The summed E-state index contributed by atoms with van der Waals surface area (Å²) in [7, 11) is 2.84. The van der Waals surface area contributed by atoms with Crippen molar-refractivity contribution in [2.45, 2.75) is 39.2 Å². The van der Waals surface area contributed by atoms with E-state index in [1.54, 1.807) is 0 Å². The van der Waals surface area contributed by atoms with Crippen LogP contribution in [0.3, 0.4) is 0 Å². The number of carbonyl (C=O) groups is 3. The molecule has 0 radical (unpaired) electrons. The summed E-state index contributed by atoms with van der Waals surface area (Å²) in [5.74, 6) is -1.11. The van der Waals surface area contributed by atoms with Gasteiger partial charge >= 0.3 is 5.97 Å². The third-order valence-electron chi connectivity index (χ3n) is 5.81. The van der Waals surface area contributed by atoms with Crippen molar-refractivity contribution in [1.29, 1.82) is 0 Å². The number of benzene rings is 2. The van der Waals surface area contributed by atoms with Crippen molar-refractivity contribution in [3.8, 4) is 11.5 Å². The number of para-hydroxylation sites is 1. The molecule has 0 unspecified atom stereocenters. The minimum absolute atomic E-state index is 0.0990. The minimum atomic E-state index is -1.20. The minimum Gasteiger partial charge on any atom is -0.493 e. The average Bonchev–Trinajstić information content (AvgIpc) is 3.64. The largest absolute Gasteiger partial charge is 0.493 e. The number of rotatable bonds is 11. The van der Waals surface area contributed by atoms with E-state index in [4.69, 9.17) is 9.47 Å². The van der Waals surface area contributed by atoms with Gasteiger partial charge < -0.3 is 25.2 Å². The lowest BCUT2D eigenvalue weighted by atomic mass is 10.1. The molecule has 182 valence electrons. The normalized spacial score (nSPS) is 12.9.